The van der Waals surface area contributed by atoms with Gasteiger partial charge in [0.25, 0.3) is 5.91 Å². The molecule has 1 amide bonds. The number of nitrogens with zero attached hydrogens (tertiary/aromatic N) is 3. The van der Waals surface area contributed by atoms with Crippen LogP contribution in [0.4, 0.5) is 13.2 Å². The minimum absolute atomic E-state index is 0.0199. The molecule has 0 aliphatic heterocycles. The van der Waals surface area contributed by atoms with Gasteiger partial charge in [-0.15, -0.1) is 0 Å². The Balaban J connectivity index is 2.25. The third kappa shape index (κ3) is 5.09. The average molecular weight is 394 g/mol. The van der Waals surface area contributed by atoms with E-state index in [0.717, 1.165) is 12.3 Å². The highest BCUT2D eigenvalue weighted by molar-refractivity contribution is 5.97. The van der Waals surface area contributed by atoms with Crippen molar-refractivity contribution < 1.29 is 27.5 Å². The first-order valence-corrected chi connectivity index (χ1v) is 8.34. The van der Waals surface area contributed by atoms with Crippen LogP contribution in [0, 0.1) is 11.3 Å². The number of hydrogen-bond donors (Lipinski definition) is 1. The number of carbonyl (C=O) groups excluding carboxylic acids is 2. The SMILES string of the molecule is CCOC(=O)C(CCC#N)NC(=O)c1cccc(-n2nccc2C(F)(F)F)c1. The van der Waals surface area contributed by atoms with E-state index in [1.54, 1.807) is 6.92 Å². The van der Waals surface area contributed by atoms with Gasteiger partial charge in [0, 0.05) is 12.0 Å². The predicted octanol–water partition coefficient (Wildman–Crippen LogP) is 2.86. The lowest BCUT2D eigenvalue weighted by molar-refractivity contribution is -0.145. The van der Waals surface area contributed by atoms with Crippen molar-refractivity contribution in [1.82, 2.24) is 15.1 Å². The Bertz CT molecular complexity index is 887. The summed E-state index contributed by atoms with van der Waals surface area (Å²) in [5, 5.41) is 14.8. The first-order chi connectivity index (χ1) is 13.3. The fourth-order valence-electron chi connectivity index (χ4n) is 2.44. The van der Waals surface area contributed by atoms with Crippen molar-refractivity contribution in [2.45, 2.75) is 32.0 Å². The van der Waals surface area contributed by atoms with Crippen LogP contribution in [0.1, 0.15) is 35.8 Å². The second-order valence-electron chi connectivity index (χ2n) is 5.65. The van der Waals surface area contributed by atoms with E-state index < -0.39 is 29.8 Å². The van der Waals surface area contributed by atoms with Gasteiger partial charge in [0.15, 0.2) is 0 Å². The zero-order chi connectivity index (χ0) is 20.7. The van der Waals surface area contributed by atoms with E-state index in [1.807, 2.05) is 6.07 Å². The molecule has 0 bridgehead atoms. The number of esters is 1. The third-order valence-corrected chi connectivity index (χ3v) is 3.71. The van der Waals surface area contributed by atoms with Crippen LogP contribution in [0.5, 0.6) is 0 Å². The zero-order valence-corrected chi connectivity index (χ0v) is 14.9. The summed E-state index contributed by atoms with van der Waals surface area (Å²) in [4.78, 5) is 24.4. The lowest BCUT2D eigenvalue weighted by Gasteiger charge is -2.16. The Morgan fingerprint density at radius 3 is 2.75 bits per heavy atom. The van der Waals surface area contributed by atoms with Crippen molar-refractivity contribution in [3.05, 3.63) is 47.8 Å². The topological polar surface area (TPSA) is 97.0 Å². The molecule has 0 saturated heterocycles. The van der Waals surface area contributed by atoms with Gasteiger partial charge in [-0.25, -0.2) is 9.48 Å². The highest BCUT2D eigenvalue weighted by Gasteiger charge is 2.35. The number of nitriles is 1. The van der Waals surface area contributed by atoms with E-state index in [1.165, 1.54) is 24.3 Å². The highest BCUT2D eigenvalue weighted by atomic mass is 19.4. The number of alkyl halides is 3. The van der Waals surface area contributed by atoms with Crippen LogP contribution in [0.15, 0.2) is 36.5 Å². The van der Waals surface area contributed by atoms with E-state index in [4.69, 9.17) is 10.00 Å². The van der Waals surface area contributed by atoms with Crippen LogP contribution in [0.25, 0.3) is 5.69 Å². The number of halogens is 3. The van der Waals surface area contributed by atoms with Crippen LogP contribution in [-0.4, -0.2) is 34.3 Å². The Labute approximate surface area is 158 Å². The van der Waals surface area contributed by atoms with Gasteiger partial charge in [-0.2, -0.15) is 23.5 Å². The minimum atomic E-state index is -4.61. The quantitative estimate of drug-likeness (QED) is 0.729. The molecule has 2 aromatic rings. The molecule has 1 atom stereocenters. The van der Waals surface area contributed by atoms with Gasteiger partial charge >= 0.3 is 12.1 Å². The molecule has 0 radical (unpaired) electrons. The number of carbonyl (C=O) groups is 2. The fourth-order valence-corrected chi connectivity index (χ4v) is 2.44. The van der Waals surface area contributed by atoms with Gasteiger partial charge in [0.1, 0.15) is 11.7 Å². The summed E-state index contributed by atoms with van der Waals surface area (Å²) < 4.78 is 44.7. The van der Waals surface area contributed by atoms with E-state index in [9.17, 15) is 22.8 Å². The first-order valence-electron chi connectivity index (χ1n) is 8.34. The Morgan fingerprint density at radius 2 is 2.11 bits per heavy atom. The van der Waals surface area contributed by atoms with Crippen LogP contribution >= 0.6 is 0 Å². The standard InChI is InChI=1S/C18H17F3N4O3/c1-2-28-17(27)14(7-4-9-22)24-16(26)12-5-3-6-13(11-12)25-15(8-10-23-25)18(19,20)21/h3,5-6,8,10-11,14H,2,4,7H2,1H3,(H,24,26). The highest BCUT2D eigenvalue weighted by Crippen LogP contribution is 2.30. The molecule has 1 unspecified atom stereocenters. The summed E-state index contributed by atoms with van der Waals surface area (Å²) in [7, 11) is 0. The molecule has 1 aromatic heterocycles. The van der Waals surface area contributed by atoms with Crippen molar-refractivity contribution in [3.8, 4) is 11.8 Å². The summed E-state index contributed by atoms with van der Waals surface area (Å²) in [5.41, 5.74) is -0.912. The molecule has 28 heavy (non-hydrogen) atoms. The van der Waals surface area contributed by atoms with Gasteiger partial charge in [-0.3, -0.25) is 4.79 Å². The molecule has 7 nitrogen and oxygen atoms in total. The van der Waals surface area contributed by atoms with Crippen molar-refractivity contribution in [2.24, 2.45) is 0 Å². The number of aromatic nitrogens is 2. The van der Waals surface area contributed by atoms with Crippen LogP contribution < -0.4 is 5.32 Å². The third-order valence-electron chi connectivity index (χ3n) is 3.71. The maximum atomic E-state index is 13.1. The Hall–Kier alpha value is -3.35. The lowest BCUT2D eigenvalue weighted by Crippen LogP contribution is -2.41. The summed E-state index contributed by atoms with van der Waals surface area (Å²) in [5.74, 6) is -1.37. The number of ether oxygens (including phenoxy) is 1. The van der Waals surface area contributed by atoms with E-state index >= 15 is 0 Å². The molecule has 0 saturated carbocycles. The van der Waals surface area contributed by atoms with Gasteiger partial charge in [-0.05, 0) is 37.6 Å². The maximum absolute atomic E-state index is 13.1. The van der Waals surface area contributed by atoms with Gasteiger partial charge < -0.3 is 10.1 Å². The number of rotatable bonds is 7. The van der Waals surface area contributed by atoms with Crippen molar-refractivity contribution >= 4 is 11.9 Å². The van der Waals surface area contributed by atoms with Gasteiger partial charge in [-0.1, -0.05) is 6.07 Å². The summed E-state index contributed by atoms with van der Waals surface area (Å²) in [6.45, 7) is 1.71. The molecular weight excluding hydrogens is 377 g/mol. The molecule has 0 aliphatic rings. The molecule has 1 N–H and O–H groups in total. The number of hydrogen-bond acceptors (Lipinski definition) is 5. The second-order valence-corrected chi connectivity index (χ2v) is 5.65. The molecule has 148 valence electrons. The molecule has 1 heterocycles. The lowest BCUT2D eigenvalue weighted by atomic mass is 10.1. The molecular formula is C18H17F3N4O3. The Morgan fingerprint density at radius 1 is 1.36 bits per heavy atom. The molecule has 0 fully saturated rings. The Kier molecular flexibility index (Phi) is 6.76. The summed E-state index contributed by atoms with van der Waals surface area (Å²) in [6, 6.07) is 7.06. The minimum Gasteiger partial charge on any atom is -0.464 e. The largest absolute Gasteiger partial charge is 0.464 e. The van der Waals surface area contributed by atoms with Crippen molar-refractivity contribution in [2.75, 3.05) is 6.61 Å². The van der Waals surface area contributed by atoms with Crippen molar-refractivity contribution in [1.29, 1.82) is 5.26 Å². The van der Waals surface area contributed by atoms with Gasteiger partial charge in [0.2, 0.25) is 0 Å². The van der Waals surface area contributed by atoms with E-state index in [-0.39, 0.29) is 30.7 Å². The molecule has 1 aromatic carbocycles. The van der Waals surface area contributed by atoms with Crippen LogP contribution in [-0.2, 0) is 15.7 Å². The summed E-state index contributed by atoms with van der Waals surface area (Å²) in [6.07, 6.45) is -3.53. The van der Waals surface area contributed by atoms with Gasteiger partial charge in [0.05, 0.1) is 24.6 Å². The van der Waals surface area contributed by atoms with Crippen LogP contribution in [0.2, 0.25) is 0 Å². The second kappa shape index (κ2) is 9.03. The summed E-state index contributed by atoms with van der Waals surface area (Å²) >= 11 is 0. The molecule has 0 aliphatic carbocycles. The van der Waals surface area contributed by atoms with Crippen molar-refractivity contribution in [3.63, 3.8) is 0 Å². The molecule has 2 rings (SSSR count). The van der Waals surface area contributed by atoms with Crippen LogP contribution in [0.3, 0.4) is 0 Å². The average Bonchev–Trinajstić information content (AvgIpc) is 3.15. The predicted molar refractivity (Wildman–Crippen MR) is 91.3 cm³/mol. The normalized spacial score (nSPS) is 12.1. The smallest absolute Gasteiger partial charge is 0.433 e. The first kappa shape index (κ1) is 21.0. The van der Waals surface area contributed by atoms with E-state index in [2.05, 4.69) is 10.4 Å². The number of nitrogens with one attached hydrogen (secondary N) is 1. The molecule has 0 spiro atoms. The number of amides is 1. The number of benzene rings is 1. The maximum Gasteiger partial charge on any atom is 0.433 e. The zero-order valence-electron chi connectivity index (χ0n) is 14.9. The fraction of sp³-hybridized carbons (Fsp3) is 0.333. The monoisotopic (exact) mass is 394 g/mol. The molecule has 10 heteroatoms. The van der Waals surface area contributed by atoms with E-state index in [0.29, 0.717) is 4.68 Å².